The predicted octanol–water partition coefficient (Wildman–Crippen LogP) is 2.13. The molecule has 0 aromatic carbocycles. The summed E-state index contributed by atoms with van der Waals surface area (Å²) in [6.07, 6.45) is 0. The standard InChI is InChI=1S/C10H15BrN2O2/c1-6(2)9(5-11)12-10(14)8-4-7(3)15-13-8/h4,6,9H,5H2,1-3H3,(H,12,14). The Morgan fingerprint density at radius 3 is 2.73 bits per heavy atom. The summed E-state index contributed by atoms with van der Waals surface area (Å²) >= 11 is 3.36. The van der Waals surface area contributed by atoms with E-state index in [1.54, 1.807) is 13.0 Å². The third-order valence-corrected chi connectivity index (χ3v) is 2.85. The number of hydrogen-bond donors (Lipinski definition) is 1. The molecule has 1 rings (SSSR count). The minimum Gasteiger partial charge on any atom is -0.361 e. The number of halogens is 1. The number of amides is 1. The normalized spacial score (nSPS) is 12.9. The van der Waals surface area contributed by atoms with Gasteiger partial charge in [0.05, 0.1) is 0 Å². The molecular formula is C10H15BrN2O2. The molecule has 1 unspecified atom stereocenters. The van der Waals surface area contributed by atoms with Crippen LogP contribution in [0.2, 0.25) is 0 Å². The van der Waals surface area contributed by atoms with Crippen molar-refractivity contribution in [1.82, 2.24) is 10.5 Å². The van der Waals surface area contributed by atoms with Gasteiger partial charge in [-0.3, -0.25) is 4.79 Å². The average Bonchev–Trinajstić information content (AvgIpc) is 2.60. The molecule has 0 radical (unpaired) electrons. The molecule has 0 bridgehead atoms. The van der Waals surface area contributed by atoms with Crippen LogP contribution in [0.5, 0.6) is 0 Å². The van der Waals surface area contributed by atoms with Gasteiger partial charge in [0.2, 0.25) is 0 Å². The molecule has 0 saturated heterocycles. The van der Waals surface area contributed by atoms with Crippen molar-refractivity contribution in [2.45, 2.75) is 26.8 Å². The Morgan fingerprint density at radius 2 is 2.33 bits per heavy atom. The molecule has 0 aliphatic carbocycles. The number of nitrogens with zero attached hydrogens (tertiary/aromatic N) is 1. The molecule has 1 heterocycles. The Bertz CT molecular complexity index is 336. The quantitative estimate of drug-likeness (QED) is 0.856. The van der Waals surface area contributed by atoms with Crippen LogP contribution < -0.4 is 5.32 Å². The van der Waals surface area contributed by atoms with Gasteiger partial charge in [0.25, 0.3) is 5.91 Å². The van der Waals surface area contributed by atoms with E-state index in [1.807, 2.05) is 0 Å². The molecule has 1 aromatic rings. The highest BCUT2D eigenvalue weighted by Gasteiger charge is 2.17. The lowest BCUT2D eigenvalue weighted by molar-refractivity contribution is 0.0922. The fraction of sp³-hybridized carbons (Fsp3) is 0.600. The molecule has 0 aliphatic heterocycles. The van der Waals surface area contributed by atoms with Gasteiger partial charge in [-0.15, -0.1) is 0 Å². The molecule has 5 heteroatoms. The molecule has 1 amide bonds. The SMILES string of the molecule is Cc1cc(C(=O)NC(CBr)C(C)C)no1. The van der Waals surface area contributed by atoms with Crippen molar-refractivity contribution in [3.8, 4) is 0 Å². The Morgan fingerprint density at radius 1 is 1.67 bits per heavy atom. The van der Waals surface area contributed by atoms with Crippen molar-refractivity contribution in [3.63, 3.8) is 0 Å². The van der Waals surface area contributed by atoms with Crippen LogP contribution in [-0.2, 0) is 0 Å². The number of hydrogen-bond acceptors (Lipinski definition) is 3. The van der Waals surface area contributed by atoms with Crippen LogP contribution in [0.15, 0.2) is 10.6 Å². The maximum Gasteiger partial charge on any atom is 0.273 e. The van der Waals surface area contributed by atoms with Crippen LogP contribution in [0, 0.1) is 12.8 Å². The second kappa shape index (κ2) is 5.30. The van der Waals surface area contributed by atoms with E-state index in [9.17, 15) is 4.79 Å². The van der Waals surface area contributed by atoms with Crippen molar-refractivity contribution in [2.24, 2.45) is 5.92 Å². The molecule has 84 valence electrons. The number of rotatable bonds is 4. The zero-order chi connectivity index (χ0) is 11.4. The Hall–Kier alpha value is -0.840. The van der Waals surface area contributed by atoms with Crippen LogP contribution in [0.4, 0.5) is 0 Å². The van der Waals surface area contributed by atoms with E-state index >= 15 is 0 Å². The van der Waals surface area contributed by atoms with Gasteiger partial charge in [-0.25, -0.2) is 0 Å². The summed E-state index contributed by atoms with van der Waals surface area (Å²) in [6.45, 7) is 5.87. The number of carbonyl (C=O) groups is 1. The van der Waals surface area contributed by atoms with Crippen LogP contribution >= 0.6 is 15.9 Å². The van der Waals surface area contributed by atoms with Crippen LogP contribution in [0.1, 0.15) is 30.1 Å². The topological polar surface area (TPSA) is 55.1 Å². The fourth-order valence-electron chi connectivity index (χ4n) is 1.10. The second-order valence-electron chi connectivity index (χ2n) is 3.80. The van der Waals surface area contributed by atoms with Gasteiger partial charge in [-0.1, -0.05) is 34.9 Å². The van der Waals surface area contributed by atoms with Crippen molar-refractivity contribution in [3.05, 3.63) is 17.5 Å². The van der Waals surface area contributed by atoms with E-state index in [-0.39, 0.29) is 11.9 Å². The summed E-state index contributed by atoms with van der Waals surface area (Å²) in [7, 11) is 0. The third kappa shape index (κ3) is 3.34. The van der Waals surface area contributed by atoms with E-state index in [1.165, 1.54) is 0 Å². The molecule has 0 saturated carbocycles. The van der Waals surface area contributed by atoms with Gasteiger partial charge in [-0.2, -0.15) is 0 Å². The van der Waals surface area contributed by atoms with Crippen LogP contribution in [0.25, 0.3) is 0 Å². The molecule has 4 nitrogen and oxygen atoms in total. The zero-order valence-electron chi connectivity index (χ0n) is 9.08. The summed E-state index contributed by atoms with van der Waals surface area (Å²) in [5.41, 5.74) is 0.333. The third-order valence-electron chi connectivity index (χ3n) is 2.15. The molecular weight excluding hydrogens is 260 g/mol. The van der Waals surface area contributed by atoms with Gasteiger partial charge in [-0.05, 0) is 12.8 Å². The van der Waals surface area contributed by atoms with Crippen molar-refractivity contribution in [1.29, 1.82) is 0 Å². The monoisotopic (exact) mass is 274 g/mol. The maximum absolute atomic E-state index is 11.7. The van der Waals surface area contributed by atoms with Crippen LogP contribution in [-0.4, -0.2) is 22.4 Å². The van der Waals surface area contributed by atoms with Crippen molar-refractivity contribution < 1.29 is 9.32 Å². The zero-order valence-corrected chi connectivity index (χ0v) is 10.7. The van der Waals surface area contributed by atoms with Gasteiger partial charge in [0.1, 0.15) is 5.76 Å². The van der Waals surface area contributed by atoms with E-state index in [4.69, 9.17) is 4.52 Å². The molecule has 1 N–H and O–H groups in total. The number of alkyl halides is 1. The van der Waals surface area contributed by atoms with E-state index < -0.39 is 0 Å². The first kappa shape index (κ1) is 12.2. The lowest BCUT2D eigenvalue weighted by atomic mass is 10.1. The van der Waals surface area contributed by atoms with E-state index in [0.29, 0.717) is 17.4 Å². The first-order valence-corrected chi connectivity index (χ1v) is 5.97. The number of aromatic nitrogens is 1. The summed E-state index contributed by atoms with van der Waals surface area (Å²) in [6, 6.07) is 1.73. The van der Waals surface area contributed by atoms with E-state index in [2.05, 4.69) is 40.3 Å². The van der Waals surface area contributed by atoms with Gasteiger partial charge < -0.3 is 9.84 Å². The minimum atomic E-state index is -0.190. The molecule has 15 heavy (non-hydrogen) atoms. The highest BCUT2D eigenvalue weighted by molar-refractivity contribution is 9.09. The Balaban J connectivity index is 2.62. The first-order valence-electron chi connectivity index (χ1n) is 4.84. The second-order valence-corrected chi connectivity index (χ2v) is 4.45. The largest absolute Gasteiger partial charge is 0.361 e. The minimum absolute atomic E-state index is 0.106. The summed E-state index contributed by atoms with van der Waals surface area (Å²) in [4.78, 5) is 11.7. The highest BCUT2D eigenvalue weighted by Crippen LogP contribution is 2.07. The van der Waals surface area contributed by atoms with Gasteiger partial charge in [0.15, 0.2) is 5.69 Å². The Kier molecular flexibility index (Phi) is 4.32. The molecule has 0 spiro atoms. The molecule has 0 fully saturated rings. The smallest absolute Gasteiger partial charge is 0.273 e. The van der Waals surface area contributed by atoms with E-state index in [0.717, 1.165) is 5.33 Å². The molecule has 1 aromatic heterocycles. The van der Waals surface area contributed by atoms with Crippen molar-refractivity contribution in [2.75, 3.05) is 5.33 Å². The predicted molar refractivity (Wildman–Crippen MR) is 61.1 cm³/mol. The number of carbonyl (C=O) groups excluding carboxylic acids is 1. The van der Waals surface area contributed by atoms with Gasteiger partial charge >= 0.3 is 0 Å². The summed E-state index contributed by atoms with van der Waals surface area (Å²) in [5, 5.41) is 7.28. The summed E-state index contributed by atoms with van der Waals surface area (Å²) < 4.78 is 4.84. The average molecular weight is 275 g/mol. The number of nitrogens with one attached hydrogen (secondary N) is 1. The summed E-state index contributed by atoms with van der Waals surface area (Å²) in [5.74, 6) is 0.825. The number of aryl methyl sites for hydroxylation is 1. The first-order chi connectivity index (χ1) is 7.04. The van der Waals surface area contributed by atoms with Gasteiger partial charge in [0, 0.05) is 17.4 Å². The van der Waals surface area contributed by atoms with Crippen molar-refractivity contribution >= 4 is 21.8 Å². The molecule has 1 atom stereocenters. The maximum atomic E-state index is 11.7. The Labute approximate surface area is 97.5 Å². The lowest BCUT2D eigenvalue weighted by Crippen LogP contribution is -2.39. The highest BCUT2D eigenvalue weighted by atomic mass is 79.9. The lowest BCUT2D eigenvalue weighted by Gasteiger charge is -2.18. The molecule has 0 aliphatic rings. The van der Waals surface area contributed by atoms with Crippen LogP contribution in [0.3, 0.4) is 0 Å². The fourth-order valence-corrected chi connectivity index (χ4v) is 2.01.